The van der Waals surface area contributed by atoms with E-state index in [1.54, 1.807) is 0 Å². The van der Waals surface area contributed by atoms with Crippen molar-refractivity contribution in [3.63, 3.8) is 0 Å². The average Bonchev–Trinajstić information content (AvgIpc) is 2.79. The van der Waals surface area contributed by atoms with Gasteiger partial charge < -0.3 is 0 Å². The van der Waals surface area contributed by atoms with Crippen molar-refractivity contribution in [1.82, 2.24) is 9.97 Å². The molecule has 2 aromatic carbocycles. The van der Waals surface area contributed by atoms with Crippen LogP contribution in [0.5, 0.6) is 0 Å². The number of halogens is 2. The number of hydrogen-bond donors (Lipinski definition) is 0. The number of rotatable bonds is 5. The third-order valence-corrected chi connectivity index (χ3v) is 5.56. The van der Waals surface area contributed by atoms with Gasteiger partial charge in [-0.05, 0) is 70.8 Å². The lowest BCUT2D eigenvalue weighted by atomic mass is 10.1. The molecule has 0 amide bonds. The zero-order valence-corrected chi connectivity index (χ0v) is 19.2. The topological polar surface area (TPSA) is 25.8 Å². The average molecular weight is 518 g/mol. The van der Waals surface area contributed by atoms with Gasteiger partial charge in [0, 0.05) is 21.3 Å². The van der Waals surface area contributed by atoms with Crippen LogP contribution in [-0.2, 0) is 0 Å². The molecule has 0 saturated carbocycles. The van der Waals surface area contributed by atoms with Gasteiger partial charge in [-0.2, -0.15) is 0 Å². The molecule has 4 rings (SSSR count). The molecular formula is C26H18Br2N2. The summed E-state index contributed by atoms with van der Waals surface area (Å²) in [6.07, 6.45) is 12.0. The van der Waals surface area contributed by atoms with Crippen molar-refractivity contribution >= 4 is 56.2 Å². The van der Waals surface area contributed by atoms with E-state index in [1.807, 2.05) is 48.8 Å². The van der Waals surface area contributed by atoms with Crippen molar-refractivity contribution in [3.05, 3.63) is 116 Å². The summed E-state index contributed by atoms with van der Waals surface area (Å²) in [5.41, 5.74) is 6.17. The molecule has 0 aliphatic rings. The first kappa shape index (κ1) is 20.5. The van der Waals surface area contributed by atoms with Crippen molar-refractivity contribution in [3.8, 4) is 11.4 Å². The van der Waals surface area contributed by atoms with Gasteiger partial charge in [-0.1, -0.05) is 80.4 Å². The summed E-state index contributed by atoms with van der Waals surface area (Å²) in [4.78, 5) is 9.03. The predicted octanol–water partition coefficient (Wildman–Crippen LogP) is 8.01. The van der Waals surface area contributed by atoms with E-state index in [1.165, 1.54) is 0 Å². The first-order chi connectivity index (χ1) is 14.7. The number of pyridine rings is 2. The van der Waals surface area contributed by atoms with E-state index in [2.05, 4.69) is 103 Å². The molecule has 2 aromatic heterocycles. The van der Waals surface area contributed by atoms with Crippen molar-refractivity contribution in [1.29, 1.82) is 0 Å². The van der Waals surface area contributed by atoms with Crippen molar-refractivity contribution in [2.75, 3.05) is 0 Å². The second kappa shape index (κ2) is 9.79. The fourth-order valence-electron chi connectivity index (χ4n) is 2.91. The lowest BCUT2D eigenvalue weighted by Crippen LogP contribution is -1.88. The SMILES string of the molecule is Brc1ccc(/C=C/c2ccnc(-c3cc(/C=C/c4ccc(Br)cc4)ccn3)c2)cc1. The first-order valence-corrected chi connectivity index (χ1v) is 11.0. The van der Waals surface area contributed by atoms with E-state index in [9.17, 15) is 0 Å². The molecule has 0 aliphatic carbocycles. The molecule has 0 aliphatic heterocycles. The molecule has 4 aromatic rings. The lowest BCUT2D eigenvalue weighted by Gasteiger charge is -2.03. The fraction of sp³-hybridized carbons (Fsp3) is 0. The van der Waals surface area contributed by atoms with E-state index in [-0.39, 0.29) is 0 Å². The number of hydrogen-bond acceptors (Lipinski definition) is 2. The van der Waals surface area contributed by atoms with Crippen LogP contribution in [0, 0.1) is 0 Å². The number of benzene rings is 2. The zero-order valence-electron chi connectivity index (χ0n) is 16.0. The molecule has 146 valence electrons. The van der Waals surface area contributed by atoms with E-state index in [4.69, 9.17) is 0 Å². The molecule has 0 N–H and O–H groups in total. The third kappa shape index (κ3) is 5.62. The molecule has 0 unspecified atom stereocenters. The molecule has 0 radical (unpaired) electrons. The summed E-state index contributed by atoms with van der Waals surface area (Å²) in [6, 6.07) is 24.5. The Morgan fingerprint density at radius 3 is 1.23 bits per heavy atom. The smallest absolute Gasteiger partial charge is 0.0892 e. The van der Waals surface area contributed by atoms with Crippen LogP contribution in [0.2, 0.25) is 0 Å². The molecule has 4 heteroatoms. The molecule has 0 atom stereocenters. The maximum Gasteiger partial charge on any atom is 0.0892 e. The minimum atomic E-state index is 0.854. The maximum absolute atomic E-state index is 4.51. The van der Waals surface area contributed by atoms with Gasteiger partial charge in [-0.25, -0.2) is 0 Å². The second-order valence-corrected chi connectivity index (χ2v) is 8.55. The van der Waals surface area contributed by atoms with Gasteiger partial charge in [0.25, 0.3) is 0 Å². The van der Waals surface area contributed by atoms with Crippen LogP contribution in [-0.4, -0.2) is 9.97 Å². The second-order valence-electron chi connectivity index (χ2n) is 6.72. The zero-order chi connectivity index (χ0) is 20.8. The standard InChI is InChI=1S/C26H18Br2N2/c27-23-9-5-19(6-10-23)1-3-21-13-15-29-25(17-21)26-18-22(14-16-30-26)4-2-20-7-11-24(28)12-8-20/h1-18H/b3-1+,4-2+. The molecular weight excluding hydrogens is 500 g/mol. The quantitative estimate of drug-likeness (QED) is 0.268. The third-order valence-electron chi connectivity index (χ3n) is 4.51. The minimum Gasteiger partial charge on any atom is -0.255 e. The van der Waals surface area contributed by atoms with Crippen LogP contribution in [0.15, 0.2) is 94.1 Å². The molecule has 2 nitrogen and oxygen atoms in total. The predicted molar refractivity (Wildman–Crippen MR) is 134 cm³/mol. The molecule has 0 fully saturated rings. The first-order valence-electron chi connectivity index (χ1n) is 9.45. The molecule has 0 spiro atoms. The number of aromatic nitrogens is 2. The van der Waals surface area contributed by atoms with Gasteiger partial charge in [0.05, 0.1) is 11.4 Å². The van der Waals surface area contributed by atoms with E-state index in [0.717, 1.165) is 42.6 Å². The van der Waals surface area contributed by atoms with E-state index >= 15 is 0 Å². The van der Waals surface area contributed by atoms with Crippen LogP contribution in [0.1, 0.15) is 22.3 Å². The minimum absolute atomic E-state index is 0.854. The van der Waals surface area contributed by atoms with Crippen LogP contribution in [0.25, 0.3) is 35.7 Å². The molecule has 30 heavy (non-hydrogen) atoms. The molecule has 2 heterocycles. The van der Waals surface area contributed by atoms with Crippen molar-refractivity contribution in [2.45, 2.75) is 0 Å². The van der Waals surface area contributed by atoms with Crippen LogP contribution < -0.4 is 0 Å². The Labute approximate surface area is 193 Å². The highest BCUT2D eigenvalue weighted by atomic mass is 79.9. The van der Waals surface area contributed by atoms with Crippen LogP contribution >= 0.6 is 31.9 Å². The highest BCUT2D eigenvalue weighted by Gasteiger charge is 2.02. The Kier molecular flexibility index (Phi) is 6.67. The lowest BCUT2D eigenvalue weighted by molar-refractivity contribution is 1.24. The Balaban J connectivity index is 1.54. The fourth-order valence-corrected chi connectivity index (χ4v) is 3.44. The van der Waals surface area contributed by atoms with Gasteiger partial charge in [0.2, 0.25) is 0 Å². The monoisotopic (exact) mass is 516 g/mol. The van der Waals surface area contributed by atoms with Gasteiger partial charge in [0.1, 0.15) is 0 Å². The largest absolute Gasteiger partial charge is 0.255 e. The van der Waals surface area contributed by atoms with Crippen LogP contribution in [0.3, 0.4) is 0 Å². The van der Waals surface area contributed by atoms with Crippen LogP contribution in [0.4, 0.5) is 0 Å². The van der Waals surface area contributed by atoms with Crippen molar-refractivity contribution in [2.24, 2.45) is 0 Å². The number of nitrogens with zero attached hydrogens (tertiary/aromatic N) is 2. The Morgan fingerprint density at radius 2 is 0.833 bits per heavy atom. The van der Waals surface area contributed by atoms with E-state index in [0.29, 0.717) is 0 Å². The maximum atomic E-state index is 4.51. The van der Waals surface area contributed by atoms with Gasteiger partial charge in [0.15, 0.2) is 0 Å². The highest BCUT2D eigenvalue weighted by molar-refractivity contribution is 9.10. The summed E-state index contributed by atoms with van der Waals surface area (Å²) in [5, 5.41) is 0. The van der Waals surface area contributed by atoms with Crippen molar-refractivity contribution < 1.29 is 0 Å². The Morgan fingerprint density at radius 1 is 0.467 bits per heavy atom. The molecule has 0 bridgehead atoms. The summed E-state index contributed by atoms with van der Waals surface area (Å²) in [5.74, 6) is 0. The summed E-state index contributed by atoms with van der Waals surface area (Å²) in [6.45, 7) is 0. The Hall–Kier alpha value is -2.82. The highest BCUT2D eigenvalue weighted by Crippen LogP contribution is 2.20. The Bertz CT molecular complexity index is 1100. The van der Waals surface area contributed by atoms with E-state index < -0.39 is 0 Å². The summed E-state index contributed by atoms with van der Waals surface area (Å²) >= 11 is 6.93. The van der Waals surface area contributed by atoms with Gasteiger partial charge >= 0.3 is 0 Å². The normalized spacial score (nSPS) is 11.4. The van der Waals surface area contributed by atoms with Gasteiger partial charge in [-0.3, -0.25) is 9.97 Å². The summed E-state index contributed by atoms with van der Waals surface area (Å²) < 4.78 is 2.15. The molecule has 0 saturated heterocycles. The van der Waals surface area contributed by atoms with Gasteiger partial charge in [-0.15, -0.1) is 0 Å². The summed E-state index contributed by atoms with van der Waals surface area (Å²) in [7, 11) is 0.